The largest absolute Gasteiger partial charge is 0.207 e. The zero-order valence-electron chi connectivity index (χ0n) is 13.1. The summed E-state index contributed by atoms with van der Waals surface area (Å²) in [5, 5.41) is 0. The van der Waals surface area contributed by atoms with Crippen LogP contribution in [0.15, 0.2) is 24.3 Å². The third-order valence-electron chi connectivity index (χ3n) is 3.28. The first-order valence-corrected chi connectivity index (χ1v) is 7.99. The second kappa shape index (κ2) is 13.6. The van der Waals surface area contributed by atoms with Crippen molar-refractivity contribution in [2.24, 2.45) is 0 Å². The smallest absolute Gasteiger partial charge is 0.123 e. The Kier molecular flexibility index (Phi) is 13.0. The van der Waals surface area contributed by atoms with Crippen LogP contribution in [0, 0.1) is 5.82 Å². The second-order valence-electron chi connectivity index (χ2n) is 5.10. The van der Waals surface area contributed by atoms with Crippen molar-refractivity contribution in [3.63, 3.8) is 0 Å². The lowest BCUT2D eigenvalue weighted by atomic mass is 10.1. The number of hydrogen-bond donors (Lipinski definition) is 0. The molecule has 1 aromatic rings. The molecule has 0 heterocycles. The quantitative estimate of drug-likeness (QED) is 0.469. The van der Waals surface area contributed by atoms with Crippen molar-refractivity contribution in [3.8, 4) is 0 Å². The van der Waals surface area contributed by atoms with Crippen LogP contribution in [0.25, 0.3) is 0 Å². The number of halogens is 1. The fourth-order valence-corrected chi connectivity index (χ4v) is 1.93. The summed E-state index contributed by atoms with van der Waals surface area (Å²) >= 11 is 0. The van der Waals surface area contributed by atoms with Gasteiger partial charge in [-0.2, -0.15) is 0 Å². The maximum Gasteiger partial charge on any atom is 0.123 e. The summed E-state index contributed by atoms with van der Waals surface area (Å²) in [4.78, 5) is 0. The first-order chi connectivity index (χ1) is 9.24. The van der Waals surface area contributed by atoms with Gasteiger partial charge in [0.05, 0.1) is 0 Å². The van der Waals surface area contributed by atoms with Gasteiger partial charge < -0.3 is 0 Å². The molecule has 0 saturated heterocycles. The summed E-state index contributed by atoms with van der Waals surface area (Å²) in [6.45, 7) is 6.59. The van der Waals surface area contributed by atoms with E-state index in [-0.39, 0.29) is 5.82 Å². The molecule has 1 rings (SSSR count). The topological polar surface area (TPSA) is 0 Å². The molecule has 0 aromatic heterocycles. The summed E-state index contributed by atoms with van der Waals surface area (Å²) in [6.07, 6.45) is 12.4. The highest BCUT2D eigenvalue weighted by Gasteiger charge is 1.88. The molecule has 19 heavy (non-hydrogen) atoms. The highest BCUT2D eigenvalue weighted by molar-refractivity contribution is 5.15. The van der Waals surface area contributed by atoms with Gasteiger partial charge in [-0.3, -0.25) is 0 Å². The molecule has 0 fully saturated rings. The number of hydrogen-bond acceptors (Lipinski definition) is 0. The summed E-state index contributed by atoms with van der Waals surface area (Å²) < 4.78 is 12.2. The Morgan fingerprint density at radius 1 is 0.684 bits per heavy atom. The van der Waals surface area contributed by atoms with Gasteiger partial charge in [0.25, 0.3) is 0 Å². The summed E-state index contributed by atoms with van der Waals surface area (Å²) in [5.41, 5.74) is 1.18. The number of aryl methyl sites for hydroxylation is 1. The van der Waals surface area contributed by atoms with Crippen molar-refractivity contribution in [1.29, 1.82) is 0 Å². The first kappa shape index (κ1) is 18.1. The van der Waals surface area contributed by atoms with Crippen molar-refractivity contribution in [2.75, 3.05) is 0 Å². The molecule has 0 bridgehead atoms. The van der Waals surface area contributed by atoms with Crippen LogP contribution in [0.3, 0.4) is 0 Å². The lowest BCUT2D eigenvalue weighted by Crippen LogP contribution is -1.78. The molecule has 110 valence electrons. The standard InChI is InChI=1S/C10H22.C8H9F/c1-3-5-7-9-10-8-6-4-2;1-2-7-3-5-8(9)6-4-7/h3-10H2,1-2H3;3-6H,2H2,1H3. The van der Waals surface area contributed by atoms with Crippen molar-refractivity contribution in [3.05, 3.63) is 35.6 Å². The molecule has 1 aromatic carbocycles. The van der Waals surface area contributed by atoms with E-state index in [1.54, 1.807) is 12.1 Å². The molecule has 0 amide bonds. The average molecular weight is 266 g/mol. The van der Waals surface area contributed by atoms with E-state index in [1.165, 1.54) is 69.1 Å². The van der Waals surface area contributed by atoms with Gasteiger partial charge in [-0.1, -0.05) is 84.3 Å². The van der Waals surface area contributed by atoms with E-state index in [9.17, 15) is 4.39 Å². The SMILES string of the molecule is CCCCCCCCCC.CCc1ccc(F)cc1. The maximum absolute atomic E-state index is 12.2. The summed E-state index contributed by atoms with van der Waals surface area (Å²) in [6, 6.07) is 6.57. The zero-order chi connectivity index (χ0) is 14.3. The minimum Gasteiger partial charge on any atom is -0.207 e. The zero-order valence-corrected chi connectivity index (χ0v) is 13.1. The van der Waals surface area contributed by atoms with Crippen LogP contribution in [0.4, 0.5) is 4.39 Å². The highest BCUT2D eigenvalue weighted by atomic mass is 19.1. The van der Waals surface area contributed by atoms with Gasteiger partial charge in [-0.05, 0) is 24.1 Å². The first-order valence-electron chi connectivity index (χ1n) is 7.99. The molecular weight excluding hydrogens is 235 g/mol. The molecule has 0 unspecified atom stereocenters. The molecule has 0 saturated carbocycles. The Morgan fingerprint density at radius 2 is 1.11 bits per heavy atom. The van der Waals surface area contributed by atoms with Crippen molar-refractivity contribution in [1.82, 2.24) is 0 Å². The Morgan fingerprint density at radius 3 is 1.47 bits per heavy atom. The fourth-order valence-electron chi connectivity index (χ4n) is 1.93. The molecule has 0 aliphatic carbocycles. The van der Waals surface area contributed by atoms with Crippen LogP contribution in [-0.4, -0.2) is 0 Å². The number of benzene rings is 1. The van der Waals surface area contributed by atoms with Crippen LogP contribution >= 0.6 is 0 Å². The fraction of sp³-hybridized carbons (Fsp3) is 0.667. The molecule has 0 spiro atoms. The van der Waals surface area contributed by atoms with Gasteiger partial charge in [0.2, 0.25) is 0 Å². The minimum atomic E-state index is -0.160. The maximum atomic E-state index is 12.2. The monoisotopic (exact) mass is 266 g/mol. The van der Waals surface area contributed by atoms with E-state index in [4.69, 9.17) is 0 Å². The minimum absolute atomic E-state index is 0.160. The number of unbranched alkanes of at least 4 members (excludes halogenated alkanes) is 7. The van der Waals surface area contributed by atoms with Gasteiger partial charge in [0.1, 0.15) is 5.82 Å². The van der Waals surface area contributed by atoms with E-state index in [0.29, 0.717) is 0 Å². The predicted molar refractivity (Wildman–Crippen MR) is 84.1 cm³/mol. The third kappa shape index (κ3) is 11.9. The number of rotatable bonds is 8. The molecule has 0 aliphatic heterocycles. The van der Waals surface area contributed by atoms with Crippen molar-refractivity contribution in [2.45, 2.75) is 78.6 Å². The molecule has 0 aliphatic rings. The van der Waals surface area contributed by atoms with E-state index >= 15 is 0 Å². The van der Waals surface area contributed by atoms with Crippen LogP contribution in [0.5, 0.6) is 0 Å². The van der Waals surface area contributed by atoms with Crippen LogP contribution in [-0.2, 0) is 6.42 Å². The lowest BCUT2D eigenvalue weighted by Gasteiger charge is -1.97. The Hall–Kier alpha value is -0.850. The van der Waals surface area contributed by atoms with E-state index in [0.717, 1.165) is 6.42 Å². The van der Waals surface area contributed by atoms with Crippen LogP contribution < -0.4 is 0 Å². The molecular formula is C18H31F. The molecule has 0 radical (unpaired) electrons. The van der Waals surface area contributed by atoms with Gasteiger partial charge in [0, 0.05) is 0 Å². The lowest BCUT2D eigenvalue weighted by molar-refractivity contribution is 0.585. The molecule has 0 atom stereocenters. The predicted octanol–water partition coefficient (Wildman–Crippen LogP) is 6.54. The normalized spacial score (nSPS) is 9.89. The van der Waals surface area contributed by atoms with Gasteiger partial charge in [-0.15, -0.1) is 0 Å². The highest BCUT2D eigenvalue weighted by Crippen LogP contribution is 2.07. The Bertz CT molecular complexity index is 268. The summed E-state index contributed by atoms with van der Waals surface area (Å²) in [5.74, 6) is -0.160. The van der Waals surface area contributed by atoms with E-state index in [1.807, 2.05) is 6.92 Å². The van der Waals surface area contributed by atoms with Crippen LogP contribution in [0.2, 0.25) is 0 Å². The van der Waals surface area contributed by atoms with Crippen molar-refractivity contribution >= 4 is 0 Å². The van der Waals surface area contributed by atoms with Gasteiger partial charge in [0.15, 0.2) is 0 Å². The van der Waals surface area contributed by atoms with Crippen LogP contribution in [0.1, 0.15) is 77.7 Å². The Balaban J connectivity index is 0.000000342. The van der Waals surface area contributed by atoms with E-state index in [2.05, 4.69) is 13.8 Å². The molecule has 0 N–H and O–H groups in total. The molecule has 1 heteroatoms. The van der Waals surface area contributed by atoms with Crippen molar-refractivity contribution < 1.29 is 4.39 Å². The molecule has 0 nitrogen and oxygen atoms in total. The van der Waals surface area contributed by atoms with E-state index < -0.39 is 0 Å². The average Bonchev–Trinajstić information content (AvgIpc) is 2.44. The summed E-state index contributed by atoms with van der Waals surface area (Å²) in [7, 11) is 0. The van der Waals surface area contributed by atoms with Gasteiger partial charge >= 0.3 is 0 Å². The third-order valence-corrected chi connectivity index (χ3v) is 3.28. The van der Waals surface area contributed by atoms with Gasteiger partial charge in [-0.25, -0.2) is 4.39 Å². The Labute approximate surface area is 119 Å². The second-order valence-corrected chi connectivity index (χ2v) is 5.10.